The minimum Gasteiger partial charge on any atom is -0.313 e. The third-order valence-corrected chi connectivity index (χ3v) is 5.33. The van der Waals surface area contributed by atoms with Crippen molar-refractivity contribution in [3.8, 4) is 0 Å². The lowest BCUT2D eigenvalue weighted by Crippen LogP contribution is -2.50. The van der Waals surface area contributed by atoms with Crippen LogP contribution in [0, 0.1) is 11.8 Å². The van der Waals surface area contributed by atoms with Gasteiger partial charge in [-0.1, -0.05) is 13.3 Å². The molecule has 0 aromatic rings. The lowest BCUT2D eigenvalue weighted by molar-refractivity contribution is 0.202. The fraction of sp³-hybridized carbons (Fsp3) is 1.00. The minimum atomic E-state index is -3.01. The Morgan fingerprint density at radius 2 is 2.00 bits per heavy atom. The second kappa shape index (κ2) is 5.24. The van der Waals surface area contributed by atoms with E-state index in [2.05, 4.69) is 12.2 Å². The van der Waals surface area contributed by atoms with E-state index in [0.29, 0.717) is 25.0 Å². The van der Waals surface area contributed by atoms with Gasteiger partial charge in [-0.2, -0.15) is 0 Å². The van der Waals surface area contributed by atoms with Gasteiger partial charge in [0.25, 0.3) is 0 Å². The van der Waals surface area contributed by atoms with Gasteiger partial charge in [0, 0.05) is 19.1 Å². The third-order valence-electron chi connectivity index (χ3n) is 4.06. The van der Waals surface area contributed by atoms with Crippen LogP contribution in [0.4, 0.5) is 0 Å². The zero-order chi connectivity index (χ0) is 12.5. The summed E-state index contributed by atoms with van der Waals surface area (Å²) in [5.74, 6) is 1.36. The first kappa shape index (κ1) is 13.3. The van der Waals surface area contributed by atoms with Crippen LogP contribution in [-0.4, -0.2) is 44.7 Å². The van der Waals surface area contributed by atoms with Crippen molar-refractivity contribution in [2.45, 2.75) is 38.6 Å². The molecule has 1 saturated heterocycles. The Balaban J connectivity index is 1.88. The highest BCUT2D eigenvalue weighted by molar-refractivity contribution is 7.88. The van der Waals surface area contributed by atoms with Gasteiger partial charge in [-0.15, -0.1) is 0 Å². The summed E-state index contributed by atoms with van der Waals surface area (Å²) in [4.78, 5) is 0. The van der Waals surface area contributed by atoms with Crippen molar-refractivity contribution < 1.29 is 8.42 Å². The van der Waals surface area contributed by atoms with Crippen LogP contribution in [0.5, 0.6) is 0 Å². The van der Waals surface area contributed by atoms with Gasteiger partial charge < -0.3 is 5.32 Å². The van der Waals surface area contributed by atoms with E-state index in [4.69, 9.17) is 0 Å². The summed E-state index contributed by atoms with van der Waals surface area (Å²) in [5.41, 5.74) is 0. The van der Waals surface area contributed by atoms with Gasteiger partial charge in [0.1, 0.15) is 0 Å². The van der Waals surface area contributed by atoms with Crippen LogP contribution in [0.3, 0.4) is 0 Å². The topological polar surface area (TPSA) is 49.4 Å². The van der Waals surface area contributed by atoms with Gasteiger partial charge in [-0.25, -0.2) is 12.7 Å². The average molecular weight is 260 g/mol. The smallest absolute Gasteiger partial charge is 0.211 e. The number of piperidine rings is 1. The van der Waals surface area contributed by atoms with Crippen LogP contribution in [0.25, 0.3) is 0 Å². The number of nitrogens with one attached hydrogen (secondary N) is 1. The van der Waals surface area contributed by atoms with E-state index in [1.807, 2.05) is 0 Å². The molecule has 0 spiro atoms. The third kappa shape index (κ3) is 3.66. The van der Waals surface area contributed by atoms with Crippen molar-refractivity contribution in [3.05, 3.63) is 0 Å². The molecule has 0 unspecified atom stereocenters. The van der Waals surface area contributed by atoms with Gasteiger partial charge in [0.2, 0.25) is 10.0 Å². The number of hydrogen-bond donors (Lipinski definition) is 1. The highest BCUT2D eigenvalue weighted by Gasteiger charge is 2.32. The Bertz CT molecular complexity index is 352. The summed E-state index contributed by atoms with van der Waals surface area (Å²) < 4.78 is 24.7. The van der Waals surface area contributed by atoms with Crippen LogP contribution in [0.1, 0.15) is 32.6 Å². The first-order valence-corrected chi connectivity index (χ1v) is 8.54. The molecule has 0 aromatic heterocycles. The SMILES string of the molecule is CC[C@@H]1CN(S(C)(=O)=O)CC[C@H]1NCC1CC1. The molecule has 2 rings (SSSR count). The maximum atomic E-state index is 11.5. The van der Waals surface area contributed by atoms with Crippen LogP contribution in [0.2, 0.25) is 0 Å². The second-order valence-corrected chi connectivity index (χ2v) is 7.52. The summed E-state index contributed by atoms with van der Waals surface area (Å²) in [6.07, 6.45) is 6.06. The molecular weight excluding hydrogens is 236 g/mol. The van der Waals surface area contributed by atoms with Crippen LogP contribution in [-0.2, 0) is 10.0 Å². The largest absolute Gasteiger partial charge is 0.313 e. The van der Waals surface area contributed by atoms with E-state index in [9.17, 15) is 8.42 Å². The molecule has 17 heavy (non-hydrogen) atoms. The Morgan fingerprint density at radius 3 is 2.53 bits per heavy atom. The molecule has 0 amide bonds. The zero-order valence-electron chi connectivity index (χ0n) is 10.9. The Kier molecular flexibility index (Phi) is 4.10. The molecular formula is C12H24N2O2S. The lowest BCUT2D eigenvalue weighted by Gasteiger charge is -2.37. The molecule has 1 saturated carbocycles. The minimum absolute atomic E-state index is 0.470. The highest BCUT2D eigenvalue weighted by atomic mass is 32.2. The van der Waals surface area contributed by atoms with E-state index >= 15 is 0 Å². The predicted molar refractivity (Wildman–Crippen MR) is 69.3 cm³/mol. The van der Waals surface area contributed by atoms with Crippen molar-refractivity contribution >= 4 is 10.0 Å². The van der Waals surface area contributed by atoms with Gasteiger partial charge >= 0.3 is 0 Å². The van der Waals surface area contributed by atoms with Crippen molar-refractivity contribution in [1.82, 2.24) is 9.62 Å². The maximum Gasteiger partial charge on any atom is 0.211 e. The zero-order valence-corrected chi connectivity index (χ0v) is 11.7. The van der Waals surface area contributed by atoms with Crippen molar-refractivity contribution in [3.63, 3.8) is 0 Å². The molecule has 1 aliphatic carbocycles. The molecule has 2 atom stereocenters. The number of hydrogen-bond acceptors (Lipinski definition) is 3. The molecule has 0 aromatic carbocycles. The monoisotopic (exact) mass is 260 g/mol. The molecule has 2 fully saturated rings. The number of sulfonamides is 1. The average Bonchev–Trinajstić information content (AvgIpc) is 3.08. The first-order chi connectivity index (χ1) is 8.00. The van der Waals surface area contributed by atoms with Crippen LogP contribution >= 0.6 is 0 Å². The maximum absolute atomic E-state index is 11.5. The Morgan fingerprint density at radius 1 is 1.29 bits per heavy atom. The van der Waals surface area contributed by atoms with E-state index in [1.165, 1.54) is 19.1 Å². The molecule has 100 valence electrons. The second-order valence-electron chi connectivity index (χ2n) is 5.54. The first-order valence-electron chi connectivity index (χ1n) is 6.69. The van der Waals surface area contributed by atoms with E-state index < -0.39 is 10.0 Å². The molecule has 0 radical (unpaired) electrons. The molecule has 4 nitrogen and oxygen atoms in total. The van der Waals surface area contributed by atoms with Gasteiger partial charge in [-0.3, -0.25) is 0 Å². The Hall–Kier alpha value is -0.130. The quantitative estimate of drug-likeness (QED) is 0.804. The van der Waals surface area contributed by atoms with Crippen molar-refractivity contribution in [2.24, 2.45) is 11.8 Å². The lowest BCUT2D eigenvalue weighted by atomic mass is 9.91. The number of rotatable bonds is 5. The van der Waals surface area contributed by atoms with Crippen LogP contribution in [0.15, 0.2) is 0 Å². The van der Waals surface area contributed by atoms with E-state index in [0.717, 1.165) is 25.3 Å². The summed E-state index contributed by atoms with van der Waals surface area (Å²) in [7, 11) is -3.01. The fourth-order valence-electron chi connectivity index (χ4n) is 2.62. The number of nitrogens with zero attached hydrogens (tertiary/aromatic N) is 1. The van der Waals surface area contributed by atoms with Crippen molar-refractivity contribution in [2.75, 3.05) is 25.9 Å². The van der Waals surface area contributed by atoms with Gasteiger partial charge in [-0.05, 0) is 37.6 Å². The summed E-state index contributed by atoms with van der Waals surface area (Å²) in [6, 6.07) is 0.513. The van der Waals surface area contributed by atoms with Gasteiger partial charge in [0.15, 0.2) is 0 Å². The van der Waals surface area contributed by atoms with E-state index in [-0.39, 0.29) is 0 Å². The van der Waals surface area contributed by atoms with E-state index in [1.54, 1.807) is 4.31 Å². The summed E-state index contributed by atoms with van der Waals surface area (Å²) >= 11 is 0. The van der Waals surface area contributed by atoms with Crippen molar-refractivity contribution in [1.29, 1.82) is 0 Å². The highest BCUT2D eigenvalue weighted by Crippen LogP contribution is 2.29. The standard InChI is InChI=1S/C12H24N2O2S/c1-3-11-9-14(17(2,15)16)7-6-12(11)13-8-10-4-5-10/h10-13H,3-9H2,1-2H3/t11-,12-/m1/s1. The summed E-state index contributed by atoms with van der Waals surface area (Å²) in [6.45, 7) is 4.65. The molecule has 1 heterocycles. The Labute approximate surface area is 105 Å². The fourth-order valence-corrected chi connectivity index (χ4v) is 3.52. The summed E-state index contributed by atoms with van der Waals surface area (Å²) in [5, 5.41) is 3.64. The van der Waals surface area contributed by atoms with Crippen LogP contribution < -0.4 is 5.32 Å². The normalized spacial score (nSPS) is 31.6. The van der Waals surface area contributed by atoms with Gasteiger partial charge in [0.05, 0.1) is 6.26 Å². The molecule has 1 N–H and O–H groups in total. The molecule has 0 bridgehead atoms. The molecule has 1 aliphatic heterocycles. The predicted octanol–water partition coefficient (Wildman–Crippen LogP) is 1.05. The molecule has 5 heteroatoms. The molecule has 2 aliphatic rings.